The molecule has 28 heavy (non-hydrogen) atoms. The summed E-state index contributed by atoms with van der Waals surface area (Å²) in [5.74, 6) is 0.672. The molecule has 1 fully saturated rings. The smallest absolute Gasteiger partial charge is 0.142 e. The van der Waals surface area contributed by atoms with Gasteiger partial charge >= 0.3 is 0 Å². The molecule has 5 heteroatoms. The van der Waals surface area contributed by atoms with Crippen LogP contribution in [0.25, 0.3) is 0 Å². The van der Waals surface area contributed by atoms with E-state index in [1.54, 1.807) is 6.20 Å². The van der Waals surface area contributed by atoms with Crippen molar-refractivity contribution in [3.8, 4) is 0 Å². The van der Waals surface area contributed by atoms with Crippen molar-refractivity contribution in [3.05, 3.63) is 83.4 Å². The summed E-state index contributed by atoms with van der Waals surface area (Å²) < 4.78 is 1.88. The predicted molar refractivity (Wildman–Crippen MR) is 112 cm³/mol. The molecule has 0 spiro atoms. The van der Waals surface area contributed by atoms with Gasteiger partial charge in [-0.15, -0.1) is 0 Å². The van der Waals surface area contributed by atoms with Crippen molar-refractivity contribution >= 4 is 5.69 Å². The molecule has 1 aliphatic rings. The fourth-order valence-corrected chi connectivity index (χ4v) is 4.00. The minimum absolute atomic E-state index is 0.672. The summed E-state index contributed by atoms with van der Waals surface area (Å²) in [5.41, 5.74) is 4.71. The summed E-state index contributed by atoms with van der Waals surface area (Å²) in [6, 6.07) is 16.9. The molecular weight excluding hydrogens is 348 g/mol. The van der Waals surface area contributed by atoms with E-state index in [4.69, 9.17) is 0 Å². The van der Waals surface area contributed by atoms with E-state index in [0.29, 0.717) is 5.82 Å². The SMILES string of the molecule is Cc1cccc(CN2CCN(c3ccccc3C(O)c3nccn3C)CC2)c1. The van der Waals surface area contributed by atoms with Gasteiger partial charge in [0.1, 0.15) is 11.9 Å². The Kier molecular flexibility index (Phi) is 5.46. The third-order valence-electron chi connectivity index (χ3n) is 5.54. The Hall–Kier alpha value is -2.63. The standard InChI is InChI=1S/C23H28N4O/c1-18-6-5-7-19(16-18)17-26-12-14-27(15-13-26)21-9-4-3-8-20(21)22(28)23-24-10-11-25(23)2/h3-11,16,22,28H,12-15,17H2,1-2H3. The number of para-hydroxylation sites is 1. The van der Waals surface area contributed by atoms with Gasteiger partial charge in [-0.2, -0.15) is 0 Å². The Labute approximate surface area is 166 Å². The zero-order chi connectivity index (χ0) is 19.5. The fourth-order valence-electron chi connectivity index (χ4n) is 4.00. The van der Waals surface area contributed by atoms with Crippen LogP contribution in [-0.2, 0) is 13.6 Å². The van der Waals surface area contributed by atoms with Crippen LogP contribution >= 0.6 is 0 Å². The Balaban J connectivity index is 1.46. The highest BCUT2D eigenvalue weighted by molar-refractivity contribution is 5.56. The van der Waals surface area contributed by atoms with Gasteiger partial charge in [0.05, 0.1) is 0 Å². The van der Waals surface area contributed by atoms with Crippen LogP contribution in [0.3, 0.4) is 0 Å². The monoisotopic (exact) mass is 376 g/mol. The fraction of sp³-hybridized carbons (Fsp3) is 0.348. The number of hydrogen-bond acceptors (Lipinski definition) is 4. The van der Waals surface area contributed by atoms with Gasteiger partial charge in [-0.05, 0) is 18.6 Å². The molecule has 1 atom stereocenters. The van der Waals surface area contributed by atoms with Crippen LogP contribution in [0.4, 0.5) is 5.69 Å². The second-order valence-electron chi connectivity index (χ2n) is 7.61. The largest absolute Gasteiger partial charge is 0.380 e. The highest BCUT2D eigenvalue weighted by Gasteiger charge is 2.23. The average molecular weight is 377 g/mol. The molecule has 1 unspecified atom stereocenters. The number of aliphatic hydroxyl groups is 1. The van der Waals surface area contributed by atoms with E-state index >= 15 is 0 Å². The molecule has 146 valence electrons. The van der Waals surface area contributed by atoms with Crippen LogP contribution < -0.4 is 4.90 Å². The molecule has 0 aliphatic carbocycles. The number of piperazine rings is 1. The number of benzene rings is 2. The first-order chi connectivity index (χ1) is 13.6. The van der Waals surface area contributed by atoms with E-state index in [9.17, 15) is 5.11 Å². The maximum absolute atomic E-state index is 10.9. The molecule has 0 radical (unpaired) electrons. The summed E-state index contributed by atoms with van der Waals surface area (Å²) in [7, 11) is 1.91. The predicted octanol–water partition coefficient (Wildman–Crippen LogP) is 3.13. The van der Waals surface area contributed by atoms with E-state index in [2.05, 4.69) is 52.0 Å². The molecule has 2 aromatic carbocycles. The normalized spacial score (nSPS) is 16.3. The van der Waals surface area contributed by atoms with Gasteiger partial charge in [0.15, 0.2) is 0 Å². The number of hydrogen-bond donors (Lipinski definition) is 1. The van der Waals surface area contributed by atoms with Gasteiger partial charge in [0.2, 0.25) is 0 Å². The number of nitrogens with zero attached hydrogens (tertiary/aromatic N) is 4. The number of aromatic nitrogens is 2. The topological polar surface area (TPSA) is 44.5 Å². The van der Waals surface area contributed by atoms with Crippen molar-refractivity contribution in [1.82, 2.24) is 14.5 Å². The molecule has 4 rings (SSSR count). The minimum atomic E-state index is -0.721. The second-order valence-corrected chi connectivity index (χ2v) is 7.61. The van der Waals surface area contributed by atoms with Crippen LogP contribution in [0, 0.1) is 6.92 Å². The van der Waals surface area contributed by atoms with E-state index in [0.717, 1.165) is 44.0 Å². The Morgan fingerprint density at radius 2 is 1.82 bits per heavy atom. The summed E-state index contributed by atoms with van der Waals surface area (Å²) in [4.78, 5) is 9.22. The van der Waals surface area contributed by atoms with Gasteiger partial charge in [0.25, 0.3) is 0 Å². The molecular formula is C23H28N4O. The Morgan fingerprint density at radius 3 is 2.54 bits per heavy atom. The van der Waals surface area contributed by atoms with Crippen LogP contribution in [0.1, 0.15) is 28.6 Å². The average Bonchev–Trinajstić information content (AvgIpc) is 3.14. The Bertz CT molecular complexity index is 928. The third kappa shape index (κ3) is 3.96. The van der Waals surface area contributed by atoms with E-state index in [-0.39, 0.29) is 0 Å². The van der Waals surface area contributed by atoms with Crippen LogP contribution in [0.5, 0.6) is 0 Å². The summed E-state index contributed by atoms with van der Waals surface area (Å²) in [5, 5.41) is 10.9. The second kappa shape index (κ2) is 8.17. The molecule has 1 aromatic heterocycles. The lowest BCUT2D eigenvalue weighted by molar-refractivity contribution is 0.205. The number of aliphatic hydroxyl groups excluding tert-OH is 1. The lowest BCUT2D eigenvalue weighted by atomic mass is 10.0. The minimum Gasteiger partial charge on any atom is -0.380 e. The third-order valence-corrected chi connectivity index (χ3v) is 5.54. The van der Waals surface area contributed by atoms with Crippen molar-refractivity contribution in [3.63, 3.8) is 0 Å². The van der Waals surface area contributed by atoms with Crippen molar-refractivity contribution < 1.29 is 5.11 Å². The van der Waals surface area contributed by atoms with Gasteiger partial charge < -0.3 is 14.6 Å². The van der Waals surface area contributed by atoms with Gasteiger partial charge in [0, 0.05) is 63.4 Å². The van der Waals surface area contributed by atoms with Crippen molar-refractivity contribution in [2.45, 2.75) is 19.6 Å². The number of rotatable bonds is 5. The zero-order valence-corrected chi connectivity index (χ0v) is 16.6. The lowest BCUT2D eigenvalue weighted by Gasteiger charge is -2.37. The van der Waals surface area contributed by atoms with Crippen molar-refractivity contribution in [1.29, 1.82) is 0 Å². The van der Waals surface area contributed by atoms with Crippen LogP contribution in [0.15, 0.2) is 60.9 Å². The van der Waals surface area contributed by atoms with Crippen molar-refractivity contribution in [2.75, 3.05) is 31.1 Å². The quantitative estimate of drug-likeness (QED) is 0.743. The first kappa shape index (κ1) is 18.7. The zero-order valence-electron chi connectivity index (χ0n) is 16.6. The molecule has 0 bridgehead atoms. The summed E-state index contributed by atoms with van der Waals surface area (Å²) >= 11 is 0. The number of anilines is 1. The van der Waals surface area contributed by atoms with Gasteiger partial charge in [-0.3, -0.25) is 4.90 Å². The molecule has 0 saturated carbocycles. The van der Waals surface area contributed by atoms with E-state index in [1.165, 1.54) is 11.1 Å². The first-order valence-electron chi connectivity index (χ1n) is 9.89. The maximum Gasteiger partial charge on any atom is 0.142 e. The van der Waals surface area contributed by atoms with Crippen LogP contribution in [0.2, 0.25) is 0 Å². The highest BCUT2D eigenvalue weighted by atomic mass is 16.3. The Morgan fingerprint density at radius 1 is 1.04 bits per heavy atom. The lowest BCUT2D eigenvalue weighted by Crippen LogP contribution is -2.46. The molecule has 1 aliphatic heterocycles. The highest BCUT2D eigenvalue weighted by Crippen LogP contribution is 2.30. The number of imidazole rings is 1. The molecule has 3 aromatic rings. The van der Waals surface area contributed by atoms with Crippen molar-refractivity contribution in [2.24, 2.45) is 7.05 Å². The molecule has 0 amide bonds. The van der Waals surface area contributed by atoms with Gasteiger partial charge in [-0.25, -0.2) is 4.98 Å². The van der Waals surface area contributed by atoms with Crippen LogP contribution in [-0.4, -0.2) is 45.7 Å². The summed E-state index contributed by atoms with van der Waals surface area (Å²) in [6.45, 7) is 7.08. The summed E-state index contributed by atoms with van der Waals surface area (Å²) in [6.07, 6.45) is 2.87. The van der Waals surface area contributed by atoms with Gasteiger partial charge in [-0.1, -0.05) is 48.0 Å². The van der Waals surface area contributed by atoms with E-state index < -0.39 is 6.10 Å². The molecule has 2 heterocycles. The molecule has 1 N–H and O–H groups in total. The maximum atomic E-state index is 10.9. The number of aryl methyl sites for hydroxylation is 2. The molecule has 5 nitrogen and oxygen atoms in total. The molecule has 1 saturated heterocycles. The first-order valence-corrected chi connectivity index (χ1v) is 9.89. The van der Waals surface area contributed by atoms with E-state index in [1.807, 2.05) is 36.0 Å².